The van der Waals surface area contributed by atoms with Crippen molar-refractivity contribution in [3.05, 3.63) is 39.4 Å². The van der Waals surface area contributed by atoms with Gasteiger partial charge in [0.1, 0.15) is 5.56 Å². The fraction of sp³-hybridized carbons (Fsp3) is 0.0909. The molecule has 104 valence electrons. The number of H-pyrrole nitrogens is 1. The Morgan fingerprint density at radius 1 is 1.55 bits per heavy atom. The van der Waals surface area contributed by atoms with Gasteiger partial charge in [-0.15, -0.1) is 0 Å². The molecule has 7 nitrogen and oxygen atoms in total. The molecule has 2 heterocycles. The maximum Gasteiger partial charge on any atom is 0.266 e. The van der Waals surface area contributed by atoms with Gasteiger partial charge < -0.3 is 16.0 Å². The number of hydrogen-bond acceptors (Lipinski definition) is 6. The predicted molar refractivity (Wildman–Crippen MR) is 77.7 cm³/mol. The number of carbonyl (C=O) groups excluding carboxylic acids is 1. The highest BCUT2D eigenvalue weighted by Crippen LogP contribution is 2.23. The Balaban J connectivity index is 2.55. The Hall–Kier alpha value is -2.06. The highest BCUT2D eigenvalue weighted by Gasteiger charge is 2.17. The molecule has 0 aliphatic carbocycles. The van der Waals surface area contributed by atoms with Gasteiger partial charge in [-0.3, -0.25) is 9.59 Å². The van der Waals surface area contributed by atoms with Crippen LogP contribution in [0, 0.1) is 0 Å². The second kappa shape index (κ2) is 5.93. The molecular weight excluding hydrogens is 302 g/mol. The van der Waals surface area contributed by atoms with E-state index in [-0.39, 0.29) is 16.5 Å². The third-order valence-electron chi connectivity index (χ3n) is 2.35. The molecule has 0 saturated heterocycles. The SMILES string of the molecule is CSc1nc(Nc2cccnc2Cl)c(C(N)=O)c(=O)[nH]1. The van der Waals surface area contributed by atoms with Crippen LogP contribution in [0.1, 0.15) is 10.4 Å². The number of nitrogens with zero attached hydrogens (tertiary/aromatic N) is 2. The van der Waals surface area contributed by atoms with Crippen molar-refractivity contribution in [1.82, 2.24) is 15.0 Å². The average molecular weight is 312 g/mol. The first kappa shape index (κ1) is 14.4. The minimum atomic E-state index is -0.881. The van der Waals surface area contributed by atoms with Crippen LogP contribution in [0.4, 0.5) is 11.5 Å². The number of rotatable bonds is 4. The lowest BCUT2D eigenvalue weighted by Gasteiger charge is -2.10. The van der Waals surface area contributed by atoms with Crippen LogP contribution in [0.15, 0.2) is 28.3 Å². The number of pyridine rings is 1. The number of amides is 1. The van der Waals surface area contributed by atoms with Crippen molar-refractivity contribution in [3.63, 3.8) is 0 Å². The monoisotopic (exact) mass is 311 g/mol. The Morgan fingerprint density at radius 3 is 2.90 bits per heavy atom. The smallest absolute Gasteiger partial charge is 0.266 e. The van der Waals surface area contributed by atoms with Crippen LogP contribution in [0.3, 0.4) is 0 Å². The van der Waals surface area contributed by atoms with E-state index in [4.69, 9.17) is 17.3 Å². The van der Waals surface area contributed by atoms with Gasteiger partial charge in [-0.05, 0) is 18.4 Å². The van der Waals surface area contributed by atoms with Crippen LogP contribution in [-0.2, 0) is 0 Å². The van der Waals surface area contributed by atoms with Crippen molar-refractivity contribution in [2.75, 3.05) is 11.6 Å². The molecule has 20 heavy (non-hydrogen) atoms. The standard InChI is InChI=1S/C11H10ClN5O2S/c1-20-11-16-9(6(8(13)18)10(19)17-11)15-5-3-2-4-14-7(5)12/h2-4H,1H3,(H2,13,18)(H2,15,16,17,19). The van der Waals surface area contributed by atoms with Gasteiger partial charge >= 0.3 is 0 Å². The molecule has 0 saturated carbocycles. The normalized spacial score (nSPS) is 10.3. The van der Waals surface area contributed by atoms with Gasteiger partial charge in [0, 0.05) is 6.20 Å². The fourth-order valence-corrected chi connectivity index (χ4v) is 2.02. The van der Waals surface area contributed by atoms with Crippen molar-refractivity contribution in [2.45, 2.75) is 5.16 Å². The number of nitrogens with one attached hydrogen (secondary N) is 2. The quantitative estimate of drug-likeness (QED) is 0.446. The summed E-state index contributed by atoms with van der Waals surface area (Å²) >= 11 is 7.14. The fourth-order valence-electron chi connectivity index (χ4n) is 1.48. The number of carbonyl (C=O) groups is 1. The van der Waals surface area contributed by atoms with E-state index in [2.05, 4.69) is 20.3 Å². The summed E-state index contributed by atoms with van der Waals surface area (Å²) in [5.41, 5.74) is 4.75. The second-order valence-electron chi connectivity index (χ2n) is 3.63. The van der Waals surface area contributed by atoms with E-state index < -0.39 is 11.5 Å². The minimum Gasteiger partial charge on any atom is -0.365 e. The van der Waals surface area contributed by atoms with Crippen molar-refractivity contribution < 1.29 is 4.79 Å². The van der Waals surface area contributed by atoms with Crippen LogP contribution in [0.5, 0.6) is 0 Å². The van der Waals surface area contributed by atoms with Crippen LogP contribution >= 0.6 is 23.4 Å². The van der Waals surface area contributed by atoms with Gasteiger partial charge in [-0.2, -0.15) is 0 Å². The maximum absolute atomic E-state index is 11.8. The number of anilines is 2. The topological polar surface area (TPSA) is 114 Å². The largest absolute Gasteiger partial charge is 0.365 e. The van der Waals surface area contributed by atoms with Gasteiger partial charge in [0.25, 0.3) is 11.5 Å². The summed E-state index contributed by atoms with van der Waals surface area (Å²) in [6.07, 6.45) is 3.25. The molecule has 9 heteroatoms. The summed E-state index contributed by atoms with van der Waals surface area (Å²) in [4.78, 5) is 33.7. The summed E-state index contributed by atoms with van der Waals surface area (Å²) in [6.45, 7) is 0. The first-order chi connectivity index (χ1) is 9.52. The van der Waals surface area contributed by atoms with E-state index in [1.54, 1.807) is 18.4 Å². The summed E-state index contributed by atoms with van der Waals surface area (Å²) in [7, 11) is 0. The lowest BCUT2D eigenvalue weighted by atomic mass is 10.3. The molecule has 4 N–H and O–H groups in total. The van der Waals surface area contributed by atoms with Gasteiger partial charge in [0.15, 0.2) is 16.1 Å². The number of aromatic nitrogens is 3. The van der Waals surface area contributed by atoms with Gasteiger partial charge in [0.05, 0.1) is 5.69 Å². The molecule has 2 aromatic rings. The molecule has 0 radical (unpaired) electrons. The number of nitrogens with two attached hydrogens (primary N) is 1. The summed E-state index contributed by atoms with van der Waals surface area (Å²) in [5, 5.41) is 3.34. The van der Waals surface area contributed by atoms with Crippen molar-refractivity contribution in [2.24, 2.45) is 5.73 Å². The predicted octanol–water partition coefficient (Wildman–Crippen LogP) is 1.38. The Kier molecular flexibility index (Phi) is 4.26. The van der Waals surface area contributed by atoms with Gasteiger partial charge in [-0.25, -0.2) is 9.97 Å². The molecule has 0 aliphatic rings. The van der Waals surface area contributed by atoms with Gasteiger partial charge in [-0.1, -0.05) is 23.4 Å². The zero-order chi connectivity index (χ0) is 14.7. The summed E-state index contributed by atoms with van der Waals surface area (Å²) in [6, 6.07) is 3.29. The molecular formula is C11H10ClN5O2S. The molecule has 0 aromatic carbocycles. The zero-order valence-electron chi connectivity index (χ0n) is 10.3. The van der Waals surface area contributed by atoms with E-state index in [1.807, 2.05) is 0 Å². The van der Waals surface area contributed by atoms with Crippen molar-refractivity contribution in [3.8, 4) is 0 Å². The van der Waals surface area contributed by atoms with E-state index in [0.29, 0.717) is 10.8 Å². The summed E-state index contributed by atoms with van der Waals surface area (Å²) in [5.74, 6) is -0.839. The Labute approximate surface area is 123 Å². The van der Waals surface area contributed by atoms with Crippen LogP contribution < -0.4 is 16.6 Å². The second-order valence-corrected chi connectivity index (χ2v) is 4.78. The van der Waals surface area contributed by atoms with Crippen LogP contribution in [0.2, 0.25) is 5.15 Å². The third-order valence-corrected chi connectivity index (χ3v) is 3.23. The molecule has 0 bridgehead atoms. The number of hydrogen-bond donors (Lipinski definition) is 3. The Bertz CT molecular complexity index is 718. The van der Waals surface area contributed by atoms with E-state index >= 15 is 0 Å². The minimum absolute atomic E-state index is 0.0421. The van der Waals surface area contributed by atoms with Crippen LogP contribution in [0.25, 0.3) is 0 Å². The molecule has 0 spiro atoms. The lowest BCUT2D eigenvalue weighted by Crippen LogP contribution is -2.26. The number of halogens is 1. The average Bonchev–Trinajstić information content (AvgIpc) is 2.40. The van der Waals surface area contributed by atoms with E-state index in [1.165, 1.54) is 18.0 Å². The highest BCUT2D eigenvalue weighted by molar-refractivity contribution is 7.98. The molecule has 0 unspecified atom stereocenters. The van der Waals surface area contributed by atoms with E-state index in [0.717, 1.165) is 0 Å². The third kappa shape index (κ3) is 2.91. The molecule has 0 atom stereocenters. The molecule has 2 rings (SSSR count). The first-order valence-corrected chi connectivity index (χ1v) is 6.99. The first-order valence-electron chi connectivity index (χ1n) is 5.38. The zero-order valence-corrected chi connectivity index (χ0v) is 11.9. The van der Waals surface area contributed by atoms with Crippen molar-refractivity contribution in [1.29, 1.82) is 0 Å². The number of aromatic amines is 1. The summed E-state index contributed by atoms with van der Waals surface area (Å²) < 4.78 is 0. The molecule has 0 fully saturated rings. The maximum atomic E-state index is 11.8. The molecule has 1 amide bonds. The van der Waals surface area contributed by atoms with Gasteiger partial charge in [0.2, 0.25) is 0 Å². The van der Waals surface area contributed by atoms with Crippen molar-refractivity contribution >= 4 is 40.8 Å². The van der Waals surface area contributed by atoms with Crippen LogP contribution in [-0.4, -0.2) is 27.1 Å². The molecule has 2 aromatic heterocycles. The number of primary amides is 1. The highest BCUT2D eigenvalue weighted by atomic mass is 35.5. The van der Waals surface area contributed by atoms with E-state index in [9.17, 15) is 9.59 Å². The lowest BCUT2D eigenvalue weighted by molar-refractivity contribution is 0.0999. The Morgan fingerprint density at radius 2 is 2.30 bits per heavy atom. The molecule has 0 aliphatic heterocycles. The number of thioether (sulfide) groups is 1.